The molecule has 0 saturated carbocycles. The number of sulfone groups is 1. The van der Waals surface area contributed by atoms with Crippen LogP contribution in [0.5, 0.6) is 11.6 Å². The molecule has 0 fully saturated rings. The van der Waals surface area contributed by atoms with Crippen molar-refractivity contribution in [1.82, 2.24) is 10.3 Å². The molecular weight excluding hydrogens is 396 g/mol. The lowest BCUT2D eigenvalue weighted by molar-refractivity contribution is -0.121. The standard InChI is InChI=1S/C20H26N2O6S/c1-26-12-13-28-20-10-5-16(15-22-20)14-21-19(23)4-3-11-27-17-6-8-18(9-7-17)29(2,24)25/h5-10,15H,3-4,11-14H2,1-2H3,(H,21,23). The van der Waals surface area contributed by atoms with Gasteiger partial charge >= 0.3 is 0 Å². The van der Waals surface area contributed by atoms with Crippen LogP contribution < -0.4 is 14.8 Å². The maximum atomic E-state index is 11.9. The fourth-order valence-electron chi connectivity index (χ4n) is 2.33. The third-order valence-electron chi connectivity index (χ3n) is 3.89. The number of ether oxygens (including phenoxy) is 3. The number of rotatable bonds is 12. The first kappa shape index (κ1) is 22.6. The molecule has 2 rings (SSSR count). The van der Waals surface area contributed by atoms with Crippen molar-refractivity contribution in [3.8, 4) is 11.6 Å². The van der Waals surface area contributed by atoms with Crippen molar-refractivity contribution in [3.63, 3.8) is 0 Å². The van der Waals surface area contributed by atoms with E-state index in [1.54, 1.807) is 31.5 Å². The van der Waals surface area contributed by atoms with Crippen molar-refractivity contribution in [2.75, 3.05) is 33.2 Å². The van der Waals surface area contributed by atoms with Gasteiger partial charge in [-0.1, -0.05) is 6.07 Å². The smallest absolute Gasteiger partial charge is 0.220 e. The molecule has 0 radical (unpaired) electrons. The van der Waals surface area contributed by atoms with Gasteiger partial charge in [0.2, 0.25) is 11.8 Å². The lowest BCUT2D eigenvalue weighted by Crippen LogP contribution is -2.23. The fraction of sp³-hybridized carbons (Fsp3) is 0.400. The number of hydrogen-bond acceptors (Lipinski definition) is 7. The molecule has 9 heteroatoms. The molecule has 1 aromatic carbocycles. The minimum absolute atomic E-state index is 0.0820. The van der Waals surface area contributed by atoms with Gasteiger partial charge in [-0.15, -0.1) is 0 Å². The number of carbonyl (C=O) groups is 1. The summed E-state index contributed by atoms with van der Waals surface area (Å²) in [7, 11) is -1.61. The quantitative estimate of drug-likeness (QED) is 0.522. The Hall–Kier alpha value is -2.65. The largest absolute Gasteiger partial charge is 0.494 e. The summed E-state index contributed by atoms with van der Waals surface area (Å²) in [5.41, 5.74) is 0.875. The van der Waals surface area contributed by atoms with Crippen LogP contribution in [0.2, 0.25) is 0 Å². The highest BCUT2D eigenvalue weighted by atomic mass is 32.2. The van der Waals surface area contributed by atoms with Crippen LogP contribution in [0.4, 0.5) is 0 Å². The molecule has 0 bridgehead atoms. The van der Waals surface area contributed by atoms with Gasteiger partial charge in [-0.05, 0) is 36.2 Å². The Morgan fingerprint density at radius 3 is 2.41 bits per heavy atom. The van der Waals surface area contributed by atoms with Crippen LogP contribution in [0.3, 0.4) is 0 Å². The van der Waals surface area contributed by atoms with Crippen LogP contribution in [0.15, 0.2) is 47.5 Å². The predicted octanol–water partition coefficient (Wildman–Crippen LogP) is 1.99. The molecule has 8 nitrogen and oxygen atoms in total. The van der Waals surface area contributed by atoms with E-state index in [9.17, 15) is 13.2 Å². The molecule has 1 heterocycles. The number of pyridine rings is 1. The van der Waals surface area contributed by atoms with Gasteiger partial charge in [-0.2, -0.15) is 0 Å². The van der Waals surface area contributed by atoms with E-state index in [-0.39, 0.29) is 10.8 Å². The van der Waals surface area contributed by atoms with Crippen LogP contribution in [0.25, 0.3) is 0 Å². The summed E-state index contributed by atoms with van der Waals surface area (Å²) in [5.74, 6) is 0.997. The average molecular weight is 423 g/mol. The number of benzene rings is 1. The molecule has 2 aromatic rings. The van der Waals surface area contributed by atoms with E-state index in [0.717, 1.165) is 11.8 Å². The Kier molecular flexibility index (Phi) is 8.88. The third-order valence-corrected chi connectivity index (χ3v) is 5.02. The van der Waals surface area contributed by atoms with Gasteiger partial charge in [0.25, 0.3) is 0 Å². The Balaban J connectivity index is 1.63. The van der Waals surface area contributed by atoms with Crippen LogP contribution >= 0.6 is 0 Å². The Morgan fingerprint density at radius 2 is 1.79 bits per heavy atom. The summed E-state index contributed by atoms with van der Waals surface area (Å²) in [6, 6.07) is 9.80. The van der Waals surface area contributed by atoms with Crippen LogP contribution in [0, 0.1) is 0 Å². The van der Waals surface area contributed by atoms with Crippen LogP contribution in [-0.4, -0.2) is 52.5 Å². The van der Waals surface area contributed by atoms with E-state index in [1.807, 2.05) is 6.07 Å². The predicted molar refractivity (Wildman–Crippen MR) is 108 cm³/mol. The Labute approximate surface area is 171 Å². The zero-order valence-corrected chi connectivity index (χ0v) is 17.4. The molecule has 0 saturated heterocycles. The SMILES string of the molecule is COCCOc1ccc(CNC(=O)CCCOc2ccc(S(C)(=O)=O)cc2)cn1. The molecule has 0 aliphatic rings. The van der Waals surface area contributed by atoms with E-state index < -0.39 is 9.84 Å². The molecule has 158 valence electrons. The van der Waals surface area contributed by atoms with Gasteiger partial charge in [-0.25, -0.2) is 13.4 Å². The maximum Gasteiger partial charge on any atom is 0.220 e. The number of carbonyl (C=O) groups excluding carboxylic acids is 1. The lowest BCUT2D eigenvalue weighted by Gasteiger charge is -2.08. The first-order chi connectivity index (χ1) is 13.9. The summed E-state index contributed by atoms with van der Waals surface area (Å²) in [5, 5.41) is 2.83. The third kappa shape index (κ3) is 8.49. The van der Waals surface area contributed by atoms with E-state index in [2.05, 4.69) is 10.3 Å². The molecular formula is C20H26N2O6S. The molecule has 29 heavy (non-hydrogen) atoms. The van der Waals surface area contributed by atoms with Crippen molar-refractivity contribution in [1.29, 1.82) is 0 Å². The summed E-state index contributed by atoms with van der Waals surface area (Å²) in [6.45, 7) is 1.68. The van der Waals surface area contributed by atoms with Gasteiger partial charge < -0.3 is 19.5 Å². The van der Waals surface area contributed by atoms with E-state index in [4.69, 9.17) is 14.2 Å². The Morgan fingerprint density at radius 1 is 1.03 bits per heavy atom. The van der Waals surface area contributed by atoms with E-state index in [0.29, 0.717) is 50.8 Å². The number of amides is 1. The second kappa shape index (κ2) is 11.4. The Bertz CT molecular complexity index is 867. The van der Waals surface area contributed by atoms with E-state index in [1.165, 1.54) is 12.1 Å². The lowest BCUT2D eigenvalue weighted by atomic mass is 10.2. The van der Waals surface area contributed by atoms with Crippen molar-refractivity contribution < 1.29 is 27.4 Å². The monoisotopic (exact) mass is 422 g/mol. The van der Waals surface area contributed by atoms with Gasteiger partial charge in [0, 0.05) is 38.6 Å². The summed E-state index contributed by atoms with van der Waals surface area (Å²) in [6.07, 6.45) is 3.69. The molecule has 0 spiro atoms. The number of methoxy groups -OCH3 is 1. The molecule has 1 N–H and O–H groups in total. The summed E-state index contributed by atoms with van der Waals surface area (Å²) < 4.78 is 38.6. The van der Waals surface area contributed by atoms with Crippen LogP contribution in [-0.2, 0) is 25.9 Å². The van der Waals surface area contributed by atoms with E-state index >= 15 is 0 Å². The zero-order chi connectivity index (χ0) is 21.1. The maximum absolute atomic E-state index is 11.9. The molecule has 1 amide bonds. The van der Waals surface area contributed by atoms with Crippen LogP contribution in [0.1, 0.15) is 18.4 Å². The second-order valence-electron chi connectivity index (χ2n) is 6.32. The summed E-state index contributed by atoms with van der Waals surface area (Å²) in [4.78, 5) is 16.3. The van der Waals surface area contributed by atoms with Gasteiger partial charge in [-0.3, -0.25) is 4.79 Å². The molecule has 0 unspecified atom stereocenters. The highest BCUT2D eigenvalue weighted by molar-refractivity contribution is 7.90. The molecule has 0 atom stereocenters. The first-order valence-electron chi connectivity index (χ1n) is 9.15. The number of aromatic nitrogens is 1. The topological polar surface area (TPSA) is 104 Å². The van der Waals surface area contributed by atoms with Gasteiger partial charge in [0.1, 0.15) is 12.4 Å². The number of nitrogens with zero attached hydrogens (tertiary/aromatic N) is 1. The molecule has 1 aromatic heterocycles. The second-order valence-corrected chi connectivity index (χ2v) is 8.33. The van der Waals surface area contributed by atoms with Crippen molar-refractivity contribution in [2.24, 2.45) is 0 Å². The fourth-order valence-corrected chi connectivity index (χ4v) is 2.96. The minimum Gasteiger partial charge on any atom is -0.494 e. The first-order valence-corrected chi connectivity index (χ1v) is 11.0. The molecule has 0 aliphatic heterocycles. The number of hydrogen-bond donors (Lipinski definition) is 1. The minimum atomic E-state index is -3.22. The highest BCUT2D eigenvalue weighted by Crippen LogP contribution is 2.16. The van der Waals surface area contributed by atoms with Gasteiger partial charge in [0.15, 0.2) is 9.84 Å². The van der Waals surface area contributed by atoms with Crippen molar-refractivity contribution >= 4 is 15.7 Å². The molecule has 0 aliphatic carbocycles. The van der Waals surface area contributed by atoms with Crippen molar-refractivity contribution in [2.45, 2.75) is 24.3 Å². The average Bonchev–Trinajstić information content (AvgIpc) is 2.70. The normalized spacial score (nSPS) is 11.1. The highest BCUT2D eigenvalue weighted by Gasteiger charge is 2.07. The zero-order valence-electron chi connectivity index (χ0n) is 16.6. The van der Waals surface area contributed by atoms with Crippen molar-refractivity contribution in [3.05, 3.63) is 48.2 Å². The van der Waals surface area contributed by atoms with Gasteiger partial charge in [0.05, 0.1) is 18.1 Å². The summed E-state index contributed by atoms with van der Waals surface area (Å²) >= 11 is 0. The number of nitrogens with one attached hydrogen (secondary N) is 1.